The number of aromatic nitrogens is 5. The number of hydrogen-bond donors (Lipinski definition) is 2. The van der Waals surface area contributed by atoms with E-state index in [4.69, 9.17) is 0 Å². The van der Waals surface area contributed by atoms with Gasteiger partial charge in [-0.05, 0) is 44.4 Å². The predicted octanol–water partition coefficient (Wildman–Crippen LogP) is 2.62. The third-order valence-electron chi connectivity index (χ3n) is 4.46. The lowest BCUT2D eigenvalue weighted by Gasteiger charge is -2.11. The van der Waals surface area contributed by atoms with Gasteiger partial charge in [0.25, 0.3) is 0 Å². The predicted molar refractivity (Wildman–Crippen MR) is 126 cm³/mol. The van der Waals surface area contributed by atoms with E-state index in [2.05, 4.69) is 63.0 Å². The summed E-state index contributed by atoms with van der Waals surface area (Å²) in [6, 6.07) is 10.2. The summed E-state index contributed by atoms with van der Waals surface area (Å²) >= 11 is 0. The molecule has 3 aromatic rings. The summed E-state index contributed by atoms with van der Waals surface area (Å²) < 4.78 is 3.69. The van der Waals surface area contributed by atoms with Gasteiger partial charge in [-0.3, -0.25) is 4.68 Å². The molecular formula is C20H29IN8. The Kier molecular flexibility index (Phi) is 9.10. The van der Waals surface area contributed by atoms with Crippen molar-refractivity contribution in [3.63, 3.8) is 0 Å². The topological polar surface area (TPSA) is 85.0 Å². The highest BCUT2D eigenvalue weighted by Crippen LogP contribution is 2.13. The standard InChI is InChI=1S/C20H28N8.HI/c1-4-21-20(23-13-19-24-15-25-27(19)3)22-12-8-9-17-14-28(26-16(17)2)18-10-6-5-7-11-18;/h5-7,10-11,14-15H,4,8-9,12-13H2,1-3H3,(H2,21,22,23);1H. The zero-order valence-electron chi connectivity index (χ0n) is 17.2. The van der Waals surface area contributed by atoms with E-state index >= 15 is 0 Å². The Morgan fingerprint density at radius 2 is 1.97 bits per heavy atom. The highest BCUT2D eigenvalue weighted by atomic mass is 127. The van der Waals surface area contributed by atoms with Gasteiger partial charge in [0.2, 0.25) is 0 Å². The number of hydrogen-bond acceptors (Lipinski definition) is 4. The normalized spacial score (nSPS) is 11.2. The molecule has 0 radical (unpaired) electrons. The summed E-state index contributed by atoms with van der Waals surface area (Å²) in [5.74, 6) is 1.63. The maximum Gasteiger partial charge on any atom is 0.191 e. The average Bonchev–Trinajstić information content (AvgIpc) is 3.29. The molecule has 0 atom stereocenters. The van der Waals surface area contributed by atoms with Crippen LogP contribution < -0.4 is 10.6 Å². The first-order valence-electron chi connectivity index (χ1n) is 9.63. The van der Waals surface area contributed by atoms with E-state index in [1.54, 1.807) is 11.0 Å². The molecule has 0 spiro atoms. The molecule has 0 saturated heterocycles. The van der Waals surface area contributed by atoms with Crippen LogP contribution >= 0.6 is 24.0 Å². The van der Waals surface area contributed by atoms with Gasteiger partial charge in [0.1, 0.15) is 18.7 Å². The minimum atomic E-state index is 0. The number of nitrogens with zero attached hydrogens (tertiary/aromatic N) is 6. The van der Waals surface area contributed by atoms with Crippen LogP contribution in [0.5, 0.6) is 0 Å². The minimum absolute atomic E-state index is 0. The zero-order chi connectivity index (χ0) is 19.8. The molecule has 3 rings (SSSR count). The fraction of sp³-hybridized carbons (Fsp3) is 0.400. The Balaban J connectivity index is 0.00000300. The van der Waals surface area contributed by atoms with Crippen molar-refractivity contribution in [1.82, 2.24) is 35.2 Å². The Labute approximate surface area is 188 Å². The molecule has 0 saturated carbocycles. The molecule has 0 bridgehead atoms. The lowest BCUT2D eigenvalue weighted by Crippen LogP contribution is -2.38. The lowest BCUT2D eigenvalue weighted by atomic mass is 10.1. The van der Waals surface area contributed by atoms with Crippen LogP contribution in [0.3, 0.4) is 0 Å². The molecule has 156 valence electrons. The second kappa shape index (κ2) is 11.5. The molecule has 0 unspecified atom stereocenters. The smallest absolute Gasteiger partial charge is 0.191 e. The highest BCUT2D eigenvalue weighted by Gasteiger charge is 2.07. The molecule has 1 aromatic carbocycles. The van der Waals surface area contributed by atoms with Crippen LogP contribution in [0.2, 0.25) is 0 Å². The van der Waals surface area contributed by atoms with Crippen molar-refractivity contribution in [1.29, 1.82) is 0 Å². The third-order valence-corrected chi connectivity index (χ3v) is 4.46. The van der Waals surface area contributed by atoms with Gasteiger partial charge in [0, 0.05) is 26.3 Å². The minimum Gasteiger partial charge on any atom is -0.357 e. The Morgan fingerprint density at radius 1 is 1.17 bits per heavy atom. The van der Waals surface area contributed by atoms with Crippen molar-refractivity contribution in [2.24, 2.45) is 12.0 Å². The molecule has 2 heterocycles. The maximum absolute atomic E-state index is 4.64. The number of rotatable bonds is 8. The molecule has 0 aliphatic carbocycles. The first-order chi connectivity index (χ1) is 13.7. The first-order valence-corrected chi connectivity index (χ1v) is 9.63. The van der Waals surface area contributed by atoms with E-state index in [-0.39, 0.29) is 24.0 Å². The van der Waals surface area contributed by atoms with Crippen LogP contribution in [0, 0.1) is 6.92 Å². The Bertz CT molecular complexity index is 900. The van der Waals surface area contributed by atoms with Crippen LogP contribution in [0.25, 0.3) is 5.69 Å². The Morgan fingerprint density at radius 3 is 2.66 bits per heavy atom. The molecule has 2 N–H and O–H groups in total. The highest BCUT2D eigenvalue weighted by molar-refractivity contribution is 14.0. The van der Waals surface area contributed by atoms with E-state index < -0.39 is 0 Å². The number of halogens is 1. The monoisotopic (exact) mass is 508 g/mol. The van der Waals surface area contributed by atoms with Crippen LogP contribution in [0.15, 0.2) is 47.8 Å². The maximum atomic E-state index is 4.64. The van der Waals surface area contributed by atoms with Crippen molar-refractivity contribution in [2.75, 3.05) is 13.1 Å². The van der Waals surface area contributed by atoms with Gasteiger partial charge >= 0.3 is 0 Å². The second-order valence-electron chi connectivity index (χ2n) is 6.55. The van der Waals surface area contributed by atoms with Crippen LogP contribution in [0.4, 0.5) is 0 Å². The van der Waals surface area contributed by atoms with Crippen molar-refractivity contribution >= 4 is 29.9 Å². The third kappa shape index (κ3) is 6.55. The number of para-hydroxylation sites is 1. The van der Waals surface area contributed by atoms with Crippen molar-refractivity contribution in [3.05, 3.63) is 59.9 Å². The molecule has 8 nitrogen and oxygen atoms in total. The average molecular weight is 508 g/mol. The van der Waals surface area contributed by atoms with Gasteiger partial charge < -0.3 is 10.6 Å². The zero-order valence-corrected chi connectivity index (χ0v) is 19.5. The number of aryl methyl sites for hydroxylation is 3. The number of nitrogens with one attached hydrogen (secondary N) is 2. The molecule has 2 aromatic heterocycles. The van der Waals surface area contributed by atoms with Gasteiger partial charge in [-0.2, -0.15) is 10.2 Å². The summed E-state index contributed by atoms with van der Waals surface area (Å²) in [5.41, 5.74) is 3.43. The summed E-state index contributed by atoms with van der Waals surface area (Å²) in [7, 11) is 1.87. The molecule has 0 aliphatic rings. The van der Waals surface area contributed by atoms with Crippen LogP contribution in [-0.2, 0) is 20.0 Å². The van der Waals surface area contributed by atoms with E-state index in [1.807, 2.05) is 29.9 Å². The van der Waals surface area contributed by atoms with Crippen molar-refractivity contribution in [3.8, 4) is 5.69 Å². The molecule has 9 heteroatoms. The molecule has 29 heavy (non-hydrogen) atoms. The van der Waals surface area contributed by atoms with Crippen LogP contribution in [-0.4, -0.2) is 43.6 Å². The summed E-state index contributed by atoms with van der Waals surface area (Å²) in [6.45, 7) is 6.26. The first kappa shape index (κ1) is 22.9. The van der Waals surface area contributed by atoms with Crippen molar-refractivity contribution < 1.29 is 0 Å². The molecule has 0 fully saturated rings. The van der Waals surface area contributed by atoms with E-state index in [9.17, 15) is 0 Å². The van der Waals surface area contributed by atoms with Gasteiger partial charge in [-0.15, -0.1) is 24.0 Å². The second-order valence-corrected chi connectivity index (χ2v) is 6.55. The Hall–Kier alpha value is -2.43. The van der Waals surface area contributed by atoms with Gasteiger partial charge in [0.05, 0.1) is 11.4 Å². The van der Waals surface area contributed by atoms with Gasteiger partial charge in [0.15, 0.2) is 5.96 Å². The van der Waals surface area contributed by atoms with E-state index in [1.165, 1.54) is 5.56 Å². The lowest BCUT2D eigenvalue weighted by molar-refractivity contribution is 0.694. The van der Waals surface area contributed by atoms with Crippen molar-refractivity contribution in [2.45, 2.75) is 33.2 Å². The quantitative estimate of drug-likeness (QED) is 0.212. The van der Waals surface area contributed by atoms with Gasteiger partial charge in [-0.25, -0.2) is 14.7 Å². The van der Waals surface area contributed by atoms with Gasteiger partial charge in [-0.1, -0.05) is 18.2 Å². The van der Waals surface area contributed by atoms with E-state index in [0.717, 1.165) is 49.1 Å². The number of guanidine groups is 1. The number of aliphatic imine (C=N–C) groups is 1. The fourth-order valence-electron chi connectivity index (χ4n) is 2.89. The summed E-state index contributed by atoms with van der Waals surface area (Å²) in [6.07, 6.45) is 5.63. The SMILES string of the molecule is CCNC(=NCc1ncnn1C)NCCCc1cn(-c2ccccc2)nc1C.I. The number of benzene rings is 1. The summed E-state index contributed by atoms with van der Waals surface area (Å²) in [4.78, 5) is 8.78. The fourth-order valence-corrected chi connectivity index (χ4v) is 2.89. The molecule has 0 amide bonds. The van der Waals surface area contributed by atoms with E-state index in [0.29, 0.717) is 6.54 Å². The summed E-state index contributed by atoms with van der Waals surface area (Å²) in [5, 5.41) is 15.4. The molecule has 0 aliphatic heterocycles. The largest absolute Gasteiger partial charge is 0.357 e. The molecular weight excluding hydrogens is 479 g/mol. The van der Waals surface area contributed by atoms with Crippen LogP contribution in [0.1, 0.15) is 30.4 Å².